The van der Waals surface area contributed by atoms with Crippen LogP contribution in [0.4, 0.5) is 5.69 Å². The third-order valence-electron chi connectivity index (χ3n) is 4.08. The first-order chi connectivity index (χ1) is 13.1. The second kappa shape index (κ2) is 8.31. The van der Waals surface area contributed by atoms with Crippen molar-refractivity contribution in [2.45, 2.75) is 13.5 Å². The number of ether oxygens (including phenoxy) is 2. The molecule has 0 radical (unpaired) electrons. The molecule has 2 aromatic carbocycles. The van der Waals surface area contributed by atoms with Gasteiger partial charge >= 0.3 is 5.82 Å². The molecule has 0 atom stereocenters. The van der Waals surface area contributed by atoms with Gasteiger partial charge in [-0.05, 0) is 42.3 Å². The summed E-state index contributed by atoms with van der Waals surface area (Å²) < 4.78 is 20.4. The molecule has 0 aliphatic rings. The van der Waals surface area contributed by atoms with Gasteiger partial charge in [0.15, 0.2) is 17.3 Å². The molecule has 3 aromatic rings. The molecule has 0 saturated heterocycles. The smallest absolute Gasteiger partial charge is 0.493 e. The Bertz CT molecular complexity index is 983. The van der Waals surface area contributed by atoms with Gasteiger partial charge in [-0.1, -0.05) is 30.4 Å². The van der Waals surface area contributed by atoms with Gasteiger partial charge in [-0.2, -0.15) is 0 Å². The third kappa shape index (κ3) is 4.61. The molecule has 6 nitrogen and oxygen atoms in total. The molecule has 3 rings (SSSR count). The zero-order valence-electron chi connectivity index (χ0n) is 15.4. The first-order valence-electron chi connectivity index (χ1n) is 8.42. The third-order valence-corrected chi connectivity index (χ3v) is 4.08. The van der Waals surface area contributed by atoms with E-state index >= 15 is 0 Å². The fourth-order valence-electron chi connectivity index (χ4n) is 2.58. The first kappa shape index (κ1) is 18.4. The Labute approximate surface area is 157 Å². The highest BCUT2D eigenvalue weighted by Gasteiger charge is 2.07. The van der Waals surface area contributed by atoms with Crippen LogP contribution in [0.2, 0.25) is 0 Å². The Hall–Kier alpha value is -3.41. The second-order valence-electron chi connectivity index (χ2n) is 5.86. The van der Waals surface area contributed by atoms with Gasteiger partial charge in [0.2, 0.25) is 0 Å². The average Bonchev–Trinajstić information content (AvgIpc) is 3.02. The second-order valence-corrected chi connectivity index (χ2v) is 5.86. The van der Waals surface area contributed by atoms with Crippen molar-refractivity contribution in [2.24, 2.45) is 0 Å². The lowest BCUT2D eigenvalue weighted by atomic mass is 10.1. The molecule has 6 heteroatoms. The number of benzene rings is 2. The van der Waals surface area contributed by atoms with E-state index in [4.69, 9.17) is 18.3 Å². The molecular weight excluding hydrogens is 346 g/mol. The van der Waals surface area contributed by atoms with Gasteiger partial charge in [0, 0.05) is 5.69 Å². The van der Waals surface area contributed by atoms with Gasteiger partial charge in [-0.25, -0.2) is 4.79 Å². The monoisotopic (exact) mass is 367 g/mol. The molecule has 0 saturated carbocycles. The van der Waals surface area contributed by atoms with Gasteiger partial charge in [0.1, 0.15) is 5.76 Å². The number of hydrogen-bond acceptors (Lipinski definition) is 6. The van der Waals surface area contributed by atoms with Gasteiger partial charge in [-0.15, -0.1) is 0 Å². The zero-order chi connectivity index (χ0) is 19.2. The van der Waals surface area contributed by atoms with Crippen molar-refractivity contribution in [1.29, 1.82) is 0 Å². The van der Waals surface area contributed by atoms with Crippen molar-refractivity contribution in [3.8, 4) is 11.5 Å². The van der Waals surface area contributed by atoms with E-state index < -0.39 is 5.82 Å². The number of anilines is 1. The Balaban J connectivity index is 1.64. The number of nitrogens with one attached hydrogen (secondary N) is 1. The summed E-state index contributed by atoms with van der Waals surface area (Å²) in [5.74, 6) is 1.70. The summed E-state index contributed by atoms with van der Waals surface area (Å²) in [7, 11) is 3.23. The quantitative estimate of drug-likeness (QED) is 0.626. The molecule has 0 bridgehead atoms. The SMILES string of the molecule is COc1ccc(/C=C/c2ccc(NCc3oc(=O)oc3C)cc2)cc1OC. The van der Waals surface area contributed by atoms with Crippen molar-refractivity contribution in [1.82, 2.24) is 0 Å². The van der Waals surface area contributed by atoms with Crippen molar-refractivity contribution < 1.29 is 18.3 Å². The average molecular weight is 367 g/mol. The largest absolute Gasteiger partial charge is 0.519 e. The molecule has 140 valence electrons. The van der Waals surface area contributed by atoms with Crippen LogP contribution in [-0.4, -0.2) is 14.2 Å². The molecule has 1 N–H and O–H groups in total. The van der Waals surface area contributed by atoms with Gasteiger partial charge in [0.25, 0.3) is 0 Å². The van der Waals surface area contributed by atoms with Crippen LogP contribution in [-0.2, 0) is 6.54 Å². The predicted molar refractivity (Wildman–Crippen MR) is 104 cm³/mol. The Morgan fingerprint density at radius 1 is 0.926 bits per heavy atom. The molecule has 1 heterocycles. The van der Waals surface area contributed by atoms with Crippen molar-refractivity contribution in [3.63, 3.8) is 0 Å². The maximum absolute atomic E-state index is 11.0. The molecule has 0 fully saturated rings. The molecule has 0 amide bonds. The maximum atomic E-state index is 11.0. The van der Waals surface area contributed by atoms with Crippen LogP contribution in [0.1, 0.15) is 22.6 Å². The lowest BCUT2D eigenvalue weighted by Crippen LogP contribution is -1.99. The molecule has 0 unspecified atom stereocenters. The predicted octanol–water partition coefficient (Wildman–Crippen LogP) is 4.34. The van der Waals surface area contributed by atoms with E-state index in [1.807, 2.05) is 54.6 Å². The van der Waals surface area contributed by atoms with E-state index in [1.54, 1.807) is 21.1 Å². The molecule has 0 spiro atoms. The van der Waals surface area contributed by atoms with Crippen LogP contribution in [0.3, 0.4) is 0 Å². The van der Waals surface area contributed by atoms with Crippen molar-refractivity contribution in [3.05, 3.63) is 75.7 Å². The van der Waals surface area contributed by atoms with Crippen LogP contribution in [0.15, 0.2) is 56.1 Å². The fraction of sp³-hybridized carbons (Fsp3) is 0.190. The molecule has 1 aromatic heterocycles. The van der Waals surface area contributed by atoms with Crippen LogP contribution >= 0.6 is 0 Å². The summed E-state index contributed by atoms with van der Waals surface area (Å²) in [5, 5.41) is 3.20. The molecule has 0 aliphatic carbocycles. The first-order valence-corrected chi connectivity index (χ1v) is 8.42. The molecule has 0 aliphatic heterocycles. The van der Waals surface area contributed by atoms with E-state index in [2.05, 4.69) is 5.32 Å². The van der Waals surface area contributed by atoms with Gasteiger partial charge in [-0.3, -0.25) is 0 Å². The topological polar surface area (TPSA) is 73.8 Å². The van der Waals surface area contributed by atoms with E-state index in [9.17, 15) is 4.79 Å². The highest BCUT2D eigenvalue weighted by atomic mass is 16.6. The number of rotatable bonds is 7. The molecule has 27 heavy (non-hydrogen) atoms. The maximum Gasteiger partial charge on any atom is 0.519 e. The Morgan fingerprint density at radius 3 is 2.22 bits per heavy atom. The summed E-state index contributed by atoms with van der Waals surface area (Å²) in [6.07, 6.45) is 4.03. The lowest BCUT2D eigenvalue weighted by molar-refractivity contribution is 0.355. The number of hydrogen-bond donors (Lipinski definition) is 1. The van der Waals surface area contributed by atoms with E-state index in [-0.39, 0.29) is 0 Å². The number of methoxy groups -OCH3 is 2. The molecular formula is C21H21NO5. The summed E-state index contributed by atoms with van der Waals surface area (Å²) >= 11 is 0. The lowest BCUT2D eigenvalue weighted by Gasteiger charge is -2.07. The van der Waals surface area contributed by atoms with Gasteiger partial charge < -0.3 is 23.6 Å². The van der Waals surface area contributed by atoms with Gasteiger partial charge in [0.05, 0.1) is 20.8 Å². The van der Waals surface area contributed by atoms with E-state index in [1.165, 1.54) is 0 Å². The minimum atomic E-state index is -0.681. The van der Waals surface area contributed by atoms with Crippen LogP contribution in [0.25, 0.3) is 12.2 Å². The number of aryl methyl sites for hydroxylation is 1. The Morgan fingerprint density at radius 2 is 1.59 bits per heavy atom. The van der Waals surface area contributed by atoms with Crippen LogP contribution < -0.4 is 20.6 Å². The van der Waals surface area contributed by atoms with Crippen molar-refractivity contribution >= 4 is 17.8 Å². The summed E-state index contributed by atoms with van der Waals surface area (Å²) in [6.45, 7) is 2.09. The minimum absolute atomic E-state index is 0.387. The fourth-order valence-corrected chi connectivity index (χ4v) is 2.58. The van der Waals surface area contributed by atoms with Crippen LogP contribution in [0, 0.1) is 6.92 Å². The van der Waals surface area contributed by atoms with Crippen LogP contribution in [0.5, 0.6) is 11.5 Å². The Kier molecular flexibility index (Phi) is 5.66. The zero-order valence-corrected chi connectivity index (χ0v) is 15.4. The summed E-state index contributed by atoms with van der Waals surface area (Å²) in [4.78, 5) is 11.0. The standard InChI is InChI=1S/C21H21NO5/c1-14-20(27-21(23)26-14)13-22-17-9-6-15(7-10-17)4-5-16-8-11-18(24-2)19(12-16)25-3/h4-12,22H,13H2,1-3H3/b5-4+. The minimum Gasteiger partial charge on any atom is -0.493 e. The normalized spacial score (nSPS) is 10.9. The summed E-state index contributed by atoms with van der Waals surface area (Å²) in [6, 6.07) is 13.7. The van der Waals surface area contributed by atoms with E-state index in [0.717, 1.165) is 16.8 Å². The van der Waals surface area contributed by atoms with E-state index in [0.29, 0.717) is 29.6 Å². The highest BCUT2D eigenvalue weighted by molar-refractivity contribution is 5.71. The van der Waals surface area contributed by atoms with Crippen molar-refractivity contribution in [2.75, 3.05) is 19.5 Å². The summed E-state index contributed by atoms with van der Waals surface area (Å²) in [5.41, 5.74) is 2.99. The highest BCUT2D eigenvalue weighted by Crippen LogP contribution is 2.28.